The minimum atomic E-state index is -0.398. The van der Waals surface area contributed by atoms with E-state index in [4.69, 9.17) is 4.74 Å². The number of carbonyl (C=O) groups excluding carboxylic acids is 1. The number of nitrogens with zero attached hydrogens (tertiary/aromatic N) is 5. The van der Waals surface area contributed by atoms with Crippen LogP contribution >= 0.6 is 0 Å². The highest BCUT2D eigenvalue weighted by molar-refractivity contribution is 5.88. The molecule has 0 amide bonds. The maximum atomic E-state index is 11.7. The van der Waals surface area contributed by atoms with E-state index in [-0.39, 0.29) is 6.61 Å². The van der Waals surface area contributed by atoms with Gasteiger partial charge < -0.3 is 14.7 Å². The first kappa shape index (κ1) is 16.0. The summed E-state index contributed by atoms with van der Waals surface area (Å²) >= 11 is 0. The number of aromatic nitrogens is 4. The molecule has 1 saturated carbocycles. The maximum absolute atomic E-state index is 11.7. The Morgan fingerprint density at radius 3 is 2.84 bits per heavy atom. The molecular formula is C17H21N5O3. The van der Waals surface area contributed by atoms with E-state index >= 15 is 0 Å². The molecule has 1 N–H and O–H groups in total. The first-order valence-electron chi connectivity index (χ1n) is 8.58. The second-order valence-electron chi connectivity index (χ2n) is 6.59. The summed E-state index contributed by atoms with van der Waals surface area (Å²) in [5, 5.41) is 13.8. The molecule has 2 aromatic heterocycles. The summed E-state index contributed by atoms with van der Waals surface area (Å²) in [5.41, 5.74) is 1.59. The van der Waals surface area contributed by atoms with Crippen LogP contribution in [0.1, 0.15) is 35.1 Å². The Kier molecular flexibility index (Phi) is 4.12. The Morgan fingerprint density at radius 2 is 2.12 bits per heavy atom. The lowest BCUT2D eigenvalue weighted by Crippen LogP contribution is -2.24. The van der Waals surface area contributed by atoms with Crippen molar-refractivity contribution in [3.63, 3.8) is 0 Å². The maximum Gasteiger partial charge on any atom is 0.341 e. The summed E-state index contributed by atoms with van der Waals surface area (Å²) in [4.78, 5) is 23.0. The predicted octanol–water partition coefficient (Wildman–Crippen LogP) is 0.846. The van der Waals surface area contributed by atoms with Gasteiger partial charge in [-0.15, -0.1) is 0 Å². The molecule has 132 valence electrons. The van der Waals surface area contributed by atoms with Crippen molar-refractivity contribution in [2.75, 3.05) is 24.6 Å². The van der Waals surface area contributed by atoms with Crippen molar-refractivity contribution in [2.45, 2.75) is 26.5 Å². The van der Waals surface area contributed by atoms with E-state index in [1.807, 2.05) is 0 Å². The second-order valence-corrected chi connectivity index (χ2v) is 6.59. The number of aliphatic hydroxyl groups is 1. The number of ether oxygens (including phenoxy) is 1. The molecule has 0 spiro atoms. The number of piperidine rings is 1. The highest BCUT2D eigenvalue weighted by Gasteiger charge is 2.45. The molecule has 3 heterocycles. The third-order valence-corrected chi connectivity index (χ3v) is 4.83. The standard InChI is InChI=1S/C17H21N5O3/c1-2-25-17(24)13-4-19-22(8-13)9-14-15(10-23)20-16(5-18-14)21-6-11-3-12(11)7-21/h4-5,8,11-12,23H,2-3,6-7,9-10H2,1H3. The molecule has 0 bridgehead atoms. The molecule has 8 heteroatoms. The molecule has 1 saturated heterocycles. The smallest absolute Gasteiger partial charge is 0.341 e. The van der Waals surface area contributed by atoms with Crippen LogP contribution in [0.3, 0.4) is 0 Å². The van der Waals surface area contributed by atoms with E-state index in [2.05, 4.69) is 20.0 Å². The van der Waals surface area contributed by atoms with Crippen molar-refractivity contribution in [3.05, 3.63) is 35.5 Å². The third-order valence-electron chi connectivity index (χ3n) is 4.83. The topological polar surface area (TPSA) is 93.4 Å². The van der Waals surface area contributed by atoms with E-state index in [9.17, 15) is 9.90 Å². The van der Waals surface area contributed by atoms with Gasteiger partial charge in [0.25, 0.3) is 0 Å². The Morgan fingerprint density at radius 1 is 1.32 bits per heavy atom. The number of carbonyl (C=O) groups is 1. The number of fused-ring (bicyclic) bond motifs is 1. The van der Waals surface area contributed by atoms with Crippen LogP contribution in [0.5, 0.6) is 0 Å². The molecule has 2 aliphatic rings. The summed E-state index contributed by atoms with van der Waals surface area (Å²) < 4.78 is 6.55. The zero-order valence-corrected chi connectivity index (χ0v) is 14.1. The molecule has 2 unspecified atom stereocenters. The molecule has 8 nitrogen and oxygen atoms in total. The Bertz CT molecular complexity index is 780. The summed E-state index contributed by atoms with van der Waals surface area (Å²) in [5.74, 6) is 2.05. The van der Waals surface area contributed by atoms with Gasteiger partial charge in [0.05, 0.1) is 49.1 Å². The lowest BCUT2D eigenvalue weighted by molar-refractivity contribution is 0.0526. The summed E-state index contributed by atoms with van der Waals surface area (Å²) in [6, 6.07) is 0. The molecular weight excluding hydrogens is 322 g/mol. The predicted molar refractivity (Wildman–Crippen MR) is 89.1 cm³/mol. The first-order chi connectivity index (χ1) is 12.2. The van der Waals surface area contributed by atoms with Gasteiger partial charge in [-0.05, 0) is 25.2 Å². The van der Waals surface area contributed by atoms with Gasteiger partial charge in [0.2, 0.25) is 0 Å². The fourth-order valence-corrected chi connectivity index (χ4v) is 3.36. The summed E-state index contributed by atoms with van der Waals surface area (Å²) in [6.45, 7) is 4.31. The summed E-state index contributed by atoms with van der Waals surface area (Å²) in [7, 11) is 0. The minimum absolute atomic E-state index is 0.178. The van der Waals surface area contributed by atoms with Crippen molar-refractivity contribution in [2.24, 2.45) is 11.8 Å². The lowest BCUT2D eigenvalue weighted by Gasteiger charge is -2.19. The minimum Gasteiger partial charge on any atom is -0.462 e. The number of rotatable bonds is 6. The van der Waals surface area contributed by atoms with Gasteiger partial charge in [0.1, 0.15) is 5.82 Å². The lowest BCUT2D eigenvalue weighted by atomic mass is 10.3. The largest absolute Gasteiger partial charge is 0.462 e. The van der Waals surface area contributed by atoms with E-state index in [0.29, 0.717) is 30.1 Å². The van der Waals surface area contributed by atoms with E-state index in [1.165, 1.54) is 12.6 Å². The van der Waals surface area contributed by atoms with Gasteiger partial charge in [-0.1, -0.05) is 0 Å². The normalized spacial score (nSPS) is 21.3. The van der Waals surface area contributed by atoms with Crippen LogP contribution in [0.4, 0.5) is 5.82 Å². The highest BCUT2D eigenvalue weighted by Crippen LogP contribution is 2.45. The van der Waals surface area contributed by atoms with Crippen LogP contribution in [0, 0.1) is 11.8 Å². The monoisotopic (exact) mass is 343 g/mol. The molecule has 2 fully saturated rings. The van der Waals surface area contributed by atoms with Crippen LogP contribution in [-0.4, -0.2) is 50.5 Å². The number of anilines is 1. The van der Waals surface area contributed by atoms with Gasteiger partial charge in [-0.2, -0.15) is 5.10 Å². The van der Waals surface area contributed by atoms with Crippen LogP contribution in [0.15, 0.2) is 18.6 Å². The molecule has 0 aromatic carbocycles. The fourth-order valence-electron chi connectivity index (χ4n) is 3.36. The highest BCUT2D eigenvalue weighted by atomic mass is 16.5. The number of hydrogen-bond acceptors (Lipinski definition) is 7. The van der Waals surface area contributed by atoms with Crippen molar-refractivity contribution in [1.82, 2.24) is 19.7 Å². The summed E-state index contributed by atoms with van der Waals surface area (Å²) in [6.07, 6.45) is 6.17. The first-order valence-corrected chi connectivity index (χ1v) is 8.58. The molecule has 4 rings (SSSR count). The van der Waals surface area contributed by atoms with E-state index < -0.39 is 5.97 Å². The molecule has 2 atom stereocenters. The van der Waals surface area contributed by atoms with Crippen molar-refractivity contribution in [3.8, 4) is 0 Å². The number of hydrogen-bond donors (Lipinski definition) is 1. The Labute approximate surface area is 145 Å². The molecule has 2 aromatic rings. The molecule has 1 aliphatic heterocycles. The SMILES string of the molecule is CCOC(=O)c1cnn(Cc2ncc(N3CC4CC4C3)nc2CO)c1. The Balaban J connectivity index is 1.49. The zero-order chi connectivity index (χ0) is 17.4. The zero-order valence-electron chi connectivity index (χ0n) is 14.1. The second kappa shape index (κ2) is 6.44. The molecule has 1 aliphatic carbocycles. The third kappa shape index (κ3) is 3.21. The molecule has 25 heavy (non-hydrogen) atoms. The van der Waals surface area contributed by atoms with Gasteiger partial charge in [0, 0.05) is 19.3 Å². The van der Waals surface area contributed by atoms with Crippen LogP contribution < -0.4 is 4.90 Å². The van der Waals surface area contributed by atoms with E-state index in [1.54, 1.807) is 24.0 Å². The fraction of sp³-hybridized carbons (Fsp3) is 0.529. The average Bonchev–Trinajstić information content (AvgIpc) is 3.02. The van der Waals surface area contributed by atoms with Crippen LogP contribution in [0.2, 0.25) is 0 Å². The van der Waals surface area contributed by atoms with Crippen molar-refractivity contribution in [1.29, 1.82) is 0 Å². The van der Waals surface area contributed by atoms with Crippen molar-refractivity contribution < 1.29 is 14.6 Å². The van der Waals surface area contributed by atoms with Crippen molar-refractivity contribution >= 4 is 11.8 Å². The number of esters is 1. The van der Waals surface area contributed by atoms with Crippen LogP contribution in [0.25, 0.3) is 0 Å². The molecule has 0 radical (unpaired) electrons. The Hall–Kier alpha value is -2.48. The number of aliphatic hydroxyl groups excluding tert-OH is 1. The van der Waals surface area contributed by atoms with E-state index in [0.717, 1.165) is 30.7 Å². The van der Waals surface area contributed by atoms with Gasteiger partial charge >= 0.3 is 5.97 Å². The van der Waals surface area contributed by atoms with Gasteiger partial charge in [-0.25, -0.2) is 9.78 Å². The quantitative estimate of drug-likeness (QED) is 0.777. The van der Waals surface area contributed by atoms with Crippen LogP contribution in [-0.2, 0) is 17.9 Å². The average molecular weight is 343 g/mol. The van der Waals surface area contributed by atoms with Gasteiger partial charge in [-0.3, -0.25) is 9.67 Å². The van der Waals surface area contributed by atoms with Gasteiger partial charge in [0.15, 0.2) is 0 Å².